The SMILES string of the molecule is CCOC(=O)C1=C(CN2CCN(c3ccc(F)cc3)CC2)NC(=O)N[C@H]1c1cccs1. The lowest BCUT2D eigenvalue weighted by molar-refractivity contribution is -0.139. The lowest BCUT2D eigenvalue weighted by atomic mass is 10.0. The van der Waals surface area contributed by atoms with Gasteiger partial charge < -0.3 is 20.3 Å². The van der Waals surface area contributed by atoms with Crippen LogP contribution in [0, 0.1) is 5.82 Å². The van der Waals surface area contributed by atoms with Gasteiger partial charge in [0.25, 0.3) is 0 Å². The van der Waals surface area contributed by atoms with Crippen LogP contribution < -0.4 is 15.5 Å². The van der Waals surface area contributed by atoms with Crippen LogP contribution in [-0.4, -0.2) is 56.2 Å². The Morgan fingerprint density at radius 3 is 2.58 bits per heavy atom. The number of esters is 1. The van der Waals surface area contributed by atoms with Crippen molar-refractivity contribution in [2.24, 2.45) is 0 Å². The zero-order chi connectivity index (χ0) is 21.8. The Hall–Kier alpha value is -2.91. The molecule has 0 aliphatic carbocycles. The van der Waals surface area contributed by atoms with Crippen LogP contribution in [0.2, 0.25) is 0 Å². The highest BCUT2D eigenvalue weighted by Gasteiger charge is 2.35. The molecule has 164 valence electrons. The van der Waals surface area contributed by atoms with Crippen LogP contribution in [0.15, 0.2) is 53.0 Å². The van der Waals surface area contributed by atoms with Gasteiger partial charge in [0.05, 0.1) is 18.2 Å². The zero-order valence-electron chi connectivity index (χ0n) is 17.3. The Kier molecular flexibility index (Phi) is 6.53. The lowest BCUT2D eigenvalue weighted by Crippen LogP contribution is -2.51. The number of carbonyl (C=O) groups excluding carboxylic acids is 2. The van der Waals surface area contributed by atoms with Crippen molar-refractivity contribution in [2.75, 3.05) is 44.2 Å². The number of piperazine rings is 1. The number of anilines is 1. The van der Waals surface area contributed by atoms with Crippen molar-refractivity contribution >= 4 is 29.0 Å². The van der Waals surface area contributed by atoms with E-state index in [2.05, 4.69) is 20.4 Å². The molecule has 1 saturated heterocycles. The molecule has 1 aromatic heterocycles. The van der Waals surface area contributed by atoms with Gasteiger partial charge in [-0.1, -0.05) is 6.07 Å². The molecule has 0 unspecified atom stereocenters. The third kappa shape index (κ3) is 4.88. The average molecular weight is 445 g/mol. The molecule has 2 aliphatic rings. The topological polar surface area (TPSA) is 73.9 Å². The van der Waals surface area contributed by atoms with Crippen molar-refractivity contribution in [1.82, 2.24) is 15.5 Å². The molecule has 0 radical (unpaired) electrons. The third-order valence-corrected chi connectivity index (χ3v) is 6.36. The van der Waals surface area contributed by atoms with Gasteiger partial charge in [-0.25, -0.2) is 14.0 Å². The molecule has 7 nitrogen and oxygen atoms in total. The molecular formula is C22H25FN4O3S. The lowest BCUT2D eigenvalue weighted by Gasteiger charge is -2.37. The Labute approximate surface area is 184 Å². The minimum Gasteiger partial charge on any atom is -0.463 e. The summed E-state index contributed by atoms with van der Waals surface area (Å²) >= 11 is 1.49. The predicted molar refractivity (Wildman–Crippen MR) is 117 cm³/mol. The van der Waals surface area contributed by atoms with Gasteiger partial charge in [-0.15, -0.1) is 11.3 Å². The van der Waals surface area contributed by atoms with Crippen LogP contribution in [0.5, 0.6) is 0 Å². The fourth-order valence-corrected chi connectivity index (χ4v) is 4.69. The van der Waals surface area contributed by atoms with E-state index >= 15 is 0 Å². The monoisotopic (exact) mass is 444 g/mol. The molecule has 2 aromatic rings. The molecule has 0 saturated carbocycles. The number of hydrogen-bond acceptors (Lipinski definition) is 6. The Morgan fingerprint density at radius 1 is 1.19 bits per heavy atom. The standard InChI is InChI=1S/C22H25FN4O3S/c1-2-30-21(28)19-17(24-22(29)25-20(19)18-4-3-13-31-18)14-26-9-11-27(12-10-26)16-7-5-15(23)6-8-16/h3-8,13,20H,2,9-12,14H2,1H3,(H2,24,25,29)/t20-/m0/s1. The maximum absolute atomic E-state index is 13.2. The fraction of sp³-hybridized carbons (Fsp3) is 0.364. The number of carbonyl (C=O) groups is 2. The Morgan fingerprint density at radius 2 is 1.94 bits per heavy atom. The molecule has 4 rings (SSSR count). The molecule has 3 heterocycles. The van der Waals surface area contributed by atoms with E-state index in [9.17, 15) is 14.0 Å². The first-order chi connectivity index (χ1) is 15.0. The van der Waals surface area contributed by atoms with E-state index in [1.54, 1.807) is 19.1 Å². The summed E-state index contributed by atoms with van der Waals surface area (Å²) in [5.74, 6) is -0.670. The number of amides is 2. The highest BCUT2D eigenvalue weighted by molar-refractivity contribution is 7.10. The number of nitrogens with zero attached hydrogens (tertiary/aromatic N) is 2. The summed E-state index contributed by atoms with van der Waals surface area (Å²) < 4.78 is 18.5. The molecule has 0 bridgehead atoms. The Bertz CT molecular complexity index is 954. The van der Waals surface area contributed by atoms with E-state index in [4.69, 9.17) is 4.74 Å². The quantitative estimate of drug-likeness (QED) is 0.671. The molecule has 2 N–H and O–H groups in total. The van der Waals surface area contributed by atoms with Crippen LogP contribution >= 0.6 is 11.3 Å². The van der Waals surface area contributed by atoms with E-state index in [1.165, 1.54) is 23.5 Å². The molecule has 31 heavy (non-hydrogen) atoms. The van der Waals surface area contributed by atoms with Crippen molar-refractivity contribution < 1.29 is 18.7 Å². The summed E-state index contributed by atoms with van der Waals surface area (Å²) in [5.41, 5.74) is 2.01. The number of urea groups is 1. The average Bonchev–Trinajstić information content (AvgIpc) is 3.29. The van der Waals surface area contributed by atoms with Gasteiger partial charge >= 0.3 is 12.0 Å². The van der Waals surface area contributed by atoms with Gasteiger partial charge in [0.1, 0.15) is 5.82 Å². The zero-order valence-corrected chi connectivity index (χ0v) is 18.1. The molecule has 1 aromatic carbocycles. The van der Waals surface area contributed by atoms with Gasteiger partial charge in [-0.2, -0.15) is 0 Å². The number of ether oxygens (including phenoxy) is 1. The van der Waals surface area contributed by atoms with E-state index in [0.717, 1.165) is 36.7 Å². The molecule has 1 fully saturated rings. The highest BCUT2D eigenvalue weighted by Crippen LogP contribution is 2.31. The summed E-state index contributed by atoms with van der Waals surface area (Å²) in [6, 6.07) is 9.44. The maximum Gasteiger partial charge on any atom is 0.338 e. The molecule has 9 heteroatoms. The second-order valence-corrected chi connectivity index (χ2v) is 8.38. The fourth-order valence-electron chi connectivity index (χ4n) is 3.90. The van der Waals surface area contributed by atoms with Crippen LogP contribution in [0.4, 0.5) is 14.9 Å². The summed E-state index contributed by atoms with van der Waals surface area (Å²) in [5, 5.41) is 7.60. The minimum absolute atomic E-state index is 0.247. The predicted octanol–water partition coefficient (Wildman–Crippen LogP) is 2.88. The van der Waals surface area contributed by atoms with E-state index < -0.39 is 12.0 Å². The first-order valence-corrected chi connectivity index (χ1v) is 11.2. The van der Waals surface area contributed by atoms with E-state index in [1.807, 2.05) is 17.5 Å². The molecule has 1 atom stereocenters. The molecule has 0 spiro atoms. The molecule has 2 amide bonds. The second-order valence-electron chi connectivity index (χ2n) is 7.40. The van der Waals surface area contributed by atoms with Crippen LogP contribution in [0.1, 0.15) is 17.8 Å². The first-order valence-electron chi connectivity index (χ1n) is 10.3. The van der Waals surface area contributed by atoms with E-state index in [0.29, 0.717) is 17.8 Å². The number of rotatable bonds is 6. The van der Waals surface area contributed by atoms with Crippen LogP contribution in [0.25, 0.3) is 0 Å². The number of nitrogens with one attached hydrogen (secondary N) is 2. The van der Waals surface area contributed by atoms with Crippen LogP contribution in [-0.2, 0) is 9.53 Å². The Balaban J connectivity index is 1.51. The highest BCUT2D eigenvalue weighted by atomic mass is 32.1. The van der Waals surface area contributed by atoms with Crippen molar-refractivity contribution in [3.8, 4) is 0 Å². The number of hydrogen-bond donors (Lipinski definition) is 2. The molecular weight excluding hydrogens is 419 g/mol. The van der Waals surface area contributed by atoms with Crippen molar-refractivity contribution in [3.05, 3.63) is 63.7 Å². The van der Waals surface area contributed by atoms with Gasteiger partial charge in [0.15, 0.2) is 0 Å². The number of halogens is 1. The van der Waals surface area contributed by atoms with Crippen molar-refractivity contribution in [1.29, 1.82) is 0 Å². The number of thiophene rings is 1. The van der Waals surface area contributed by atoms with Crippen molar-refractivity contribution in [3.63, 3.8) is 0 Å². The minimum atomic E-state index is -0.525. The summed E-state index contributed by atoms with van der Waals surface area (Å²) in [7, 11) is 0. The summed E-state index contributed by atoms with van der Waals surface area (Å²) in [4.78, 5) is 30.4. The summed E-state index contributed by atoms with van der Waals surface area (Å²) in [6.45, 7) is 5.52. The normalized spacial score (nSPS) is 19.7. The molecule has 2 aliphatic heterocycles. The number of benzene rings is 1. The third-order valence-electron chi connectivity index (χ3n) is 5.42. The van der Waals surface area contributed by atoms with E-state index in [-0.39, 0.29) is 18.5 Å². The second kappa shape index (κ2) is 9.49. The van der Waals surface area contributed by atoms with Crippen LogP contribution in [0.3, 0.4) is 0 Å². The maximum atomic E-state index is 13.2. The van der Waals surface area contributed by atoms with Gasteiger partial charge in [0, 0.05) is 49.0 Å². The van der Waals surface area contributed by atoms with Crippen molar-refractivity contribution in [2.45, 2.75) is 13.0 Å². The van der Waals surface area contributed by atoms with Gasteiger partial charge in [-0.05, 0) is 42.6 Å². The summed E-state index contributed by atoms with van der Waals surface area (Å²) in [6.07, 6.45) is 0. The first kappa shape index (κ1) is 21.3. The smallest absolute Gasteiger partial charge is 0.338 e. The van der Waals surface area contributed by atoms with Gasteiger partial charge in [0.2, 0.25) is 0 Å². The largest absolute Gasteiger partial charge is 0.463 e. The van der Waals surface area contributed by atoms with Gasteiger partial charge in [-0.3, -0.25) is 4.90 Å².